The molecule has 0 radical (unpaired) electrons. The van der Waals surface area contributed by atoms with Crippen LogP contribution in [-0.2, 0) is 11.3 Å². The van der Waals surface area contributed by atoms with E-state index < -0.39 is 0 Å². The van der Waals surface area contributed by atoms with Crippen LogP contribution in [0.3, 0.4) is 0 Å². The maximum atomic E-state index is 5.76. The fourth-order valence-corrected chi connectivity index (χ4v) is 2.35. The van der Waals surface area contributed by atoms with Crippen LogP contribution < -0.4 is 5.32 Å². The second kappa shape index (κ2) is 6.77. The number of nitrogens with one attached hydrogen (secondary N) is 1. The highest BCUT2D eigenvalue weighted by molar-refractivity contribution is 5.24. The molecule has 0 amide bonds. The van der Waals surface area contributed by atoms with Crippen LogP contribution in [0.2, 0.25) is 0 Å². The van der Waals surface area contributed by atoms with Crippen molar-refractivity contribution >= 4 is 0 Å². The van der Waals surface area contributed by atoms with Crippen molar-refractivity contribution in [3.63, 3.8) is 0 Å². The van der Waals surface area contributed by atoms with Gasteiger partial charge in [-0.25, -0.2) is 0 Å². The lowest BCUT2D eigenvalue weighted by Crippen LogP contribution is -2.34. The smallest absolute Gasteiger partial charge is 0.0719 e. The second-order valence-electron chi connectivity index (χ2n) is 4.91. The Kier molecular flexibility index (Phi) is 5.02. The summed E-state index contributed by atoms with van der Waals surface area (Å²) in [4.78, 5) is 0. The molecule has 0 aliphatic carbocycles. The van der Waals surface area contributed by atoms with Crippen molar-refractivity contribution in [2.24, 2.45) is 0 Å². The zero-order valence-corrected chi connectivity index (χ0v) is 10.7. The van der Waals surface area contributed by atoms with E-state index in [1.807, 2.05) is 0 Å². The van der Waals surface area contributed by atoms with Gasteiger partial charge in [-0.1, -0.05) is 30.7 Å². The molecule has 0 saturated carbocycles. The van der Waals surface area contributed by atoms with E-state index in [9.17, 15) is 0 Å². The summed E-state index contributed by atoms with van der Waals surface area (Å²) in [5.41, 5.74) is 2.63. The van der Waals surface area contributed by atoms with Crippen molar-refractivity contribution in [3.8, 4) is 0 Å². The van der Waals surface area contributed by atoms with Crippen molar-refractivity contribution in [2.45, 2.75) is 45.3 Å². The van der Waals surface area contributed by atoms with Crippen LogP contribution in [0.5, 0.6) is 0 Å². The van der Waals surface area contributed by atoms with Crippen molar-refractivity contribution in [2.75, 3.05) is 13.2 Å². The maximum Gasteiger partial charge on any atom is 0.0719 e. The van der Waals surface area contributed by atoms with E-state index in [0.717, 1.165) is 19.6 Å². The van der Waals surface area contributed by atoms with Gasteiger partial charge in [0.1, 0.15) is 0 Å². The van der Waals surface area contributed by atoms with Gasteiger partial charge in [-0.15, -0.1) is 0 Å². The first-order valence-corrected chi connectivity index (χ1v) is 6.72. The monoisotopic (exact) mass is 233 g/mol. The maximum absolute atomic E-state index is 5.76. The molecule has 2 rings (SSSR count). The fraction of sp³-hybridized carbons (Fsp3) is 0.600. The fourth-order valence-electron chi connectivity index (χ4n) is 2.35. The van der Waals surface area contributed by atoms with E-state index in [4.69, 9.17) is 4.74 Å². The molecule has 0 spiro atoms. The minimum Gasteiger partial charge on any atom is -0.377 e. The highest BCUT2D eigenvalue weighted by Crippen LogP contribution is 2.12. The largest absolute Gasteiger partial charge is 0.377 e. The number of benzene rings is 1. The zero-order chi connectivity index (χ0) is 11.9. The summed E-state index contributed by atoms with van der Waals surface area (Å²) in [5, 5.41) is 3.55. The Hall–Kier alpha value is -0.860. The lowest BCUT2D eigenvalue weighted by molar-refractivity contribution is 0.108. The molecule has 0 aromatic heterocycles. The van der Waals surface area contributed by atoms with Crippen LogP contribution in [0.4, 0.5) is 0 Å². The van der Waals surface area contributed by atoms with Gasteiger partial charge < -0.3 is 10.1 Å². The SMILES string of the molecule is Cc1ccccc1COCC[C@@H]1CCCCN1. The molecule has 1 heterocycles. The molecule has 0 unspecified atom stereocenters. The van der Waals surface area contributed by atoms with Crippen molar-refractivity contribution in [1.82, 2.24) is 5.32 Å². The number of hydrogen-bond donors (Lipinski definition) is 1. The average Bonchev–Trinajstić information content (AvgIpc) is 2.38. The molecular weight excluding hydrogens is 210 g/mol. The van der Waals surface area contributed by atoms with E-state index in [1.54, 1.807) is 0 Å². The van der Waals surface area contributed by atoms with Gasteiger partial charge in [0, 0.05) is 12.6 Å². The Labute approximate surface area is 104 Å². The summed E-state index contributed by atoms with van der Waals surface area (Å²) in [6.07, 6.45) is 5.16. The predicted octanol–water partition coefficient (Wildman–Crippen LogP) is 3.04. The van der Waals surface area contributed by atoms with Crippen LogP contribution in [0, 0.1) is 6.92 Å². The van der Waals surface area contributed by atoms with Gasteiger partial charge in [-0.05, 0) is 43.9 Å². The van der Waals surface area contributed by atoms with Gasteiger partial charge in [0.2, 0.25) is 0 Å². The Bertz CT molecular complexity index is 331. The van der Waals surface area contributed by atoms with Crippen molar-refractivity contribution < 1.29 is 4.74 Å². The summed E-state index contributed by atoms with van der Waals surface area (Å²) in [6.45, 7) is 4.94. The average molecular weight is 233 g/mol. The topological polar surface area (TPSA) is 21.3 Å². The third-order valence-corrected chi connectivity index (χ3v) is 3.54. The summed E-state index contributed by atoms with van der Waals surface area (Å²) >= 11 is 0. The second-order valence-corrected chi connectivity index (χ2v) is 4.91. The van der Waals surface area contributed by atoms with E-state index in [-0.39, 0.29) is 0 Å². The summed E-state index contributed by atoms with van der Waals surface area (Å²) in [6, 6.07) is 9.12. The minimum atomic E-state index is 0.681. The van der Waals surface area contributed by atoms with Gasteiger partial charge in [0.05, 0.1) is 6.61 Å². The molecule has 17 heavy (non-hydrogen) atoms. The predicted molar refractivity (Wildman–Crippen MR) is 71.1 cm³/mol. The summed E-state index contributed by atoms with van der Waals surface area (Å²) < 4.78 is 5.76. The first kappa shape index (κ1) is 12.6. The lowest BCUT2D eigenvalue weighted by atomic mass is 10.0. The number of rotatable bonds is 5. The van der Waals surface area contributed by atoms with E-state index >= 15 is 0 Å². The molecule has 1 aliphatic heterocycles. The Morgan fingerprint density at radius 1 is 1.29 bits per heavy atom. The Morgan fingerprint density at radius 2 is 2.18 bits per heavy atom. The van der Waals surface area contributed by atoms with Crippen LogP contribution in [0.25, 0.3) is 0 Å². The molecule has 1 saturated heterocycles. The first-order valence-electron chi connectivity index (χ1n) is 6.72. The molecule has 0 bridgehead atoms. The Balaban J connectivity index is 1.64. The Morgan fingerprint density at radius 3 is 2.94 bits per heavy atom. The third kappa shape index (κ3) is 4.14. The molecule has 2 nitrogen and oxygen atoms in total. The van der Waals surface area contributed by atoms with Crippen molar-refractivity contribution in [1.29, 1.82) is 0 Å². The highest BCUT2D eigenvalue weighted by atomic mass is 16.5. The van der Waals surface area contributed by atoms with Gasteiger partial charge >= 0.3 is 0 Å². The quantitative estimate of drug-likeness (QED) is 0.789. The van der Waals surface area contributed by atoms with Crippen LogP contribution >= 0.6 is 0 Å². The third-order valence-electron chi connectivity index (χ3n) is 3.54. The highest BCUT2D eigenvalue weighted by Gasteiger charge is 2.11. The van der Waals surface area contributed by atoms with Crippen LogP contribution in [0.1, 0.15) is 36.8 Å². The number of piperidine rings is 1. The standard InChI is InChI=1S/C15H23NO/c1-13-6-2-3-7-14(13)12-17-11-9-15-8-4-5-10-16-15/h2-3,6-7,15-16H,4-5,8-12H2,1H3/t15-/m0/s1. The van der Waals surface area contributed by atoms with Crippen LogP contribution in [0.15, 0.2) is 24.3 Å². The van der Waals surface area contributed by atoms with E-state index in [1.165, 1.54) is 36.9 Å². The molecule has 1 fully saturated rings. The molecule has 1 N–H and O–H groups in total. The molecule has 1 atom stereocenters. The van der Waals surface area contributed by atoms with Gasteiger partial charge in [-0.3, -0.25) is 0 Å². The number of aryl methyl sites for hydroxylation is 1. The summed E-state index contributed by atoms with van der Waals surface area (Å²) in [5.74, 6) is 0. The van der Waals surface area contributed by atoms with Crippen molar-refractivity contribution in [3.05, 3.63) is 35.4 Å². The van der Waals surface area contributed by atoms with E-state index in [2.05, 4.69) is 36.5 Å². The number of hydrogen-bond acceptors (Lipinski definition) is 2. The molecule has 1 aromatic carbocycles. The minimum absolute atomic E-state index is 0.681. The first-order chi connectivity index (χ1) is 8.36. The molecule has 1 aromatic rings. The lowest BCUT2D eigenvalue weighted by Gasteiger charge is -2.23. The zero-order valence-electron chi connectivity index (χ0n) is 10.7. The van der Waals surface area contributed by atoms with Gasteiger partial charge in [0.15, 0.2) is 0 Å². The molecule has 94 valence electrons. The van der Waals surface area contributed by atoms with Gasteiger partial charge in [0.25, 0.3) is 0 Å². The molecule has 2 heteroatoms. The summed E-state index contributed by atoms with van der Waals surface area (Å²) in [7, 11) is 0. The van der Waals surface area contributed by atoms with Crippen LogP contribution in [-0.4, -0.2) is 19.2 Å². The van der Waals surface area contributed by atoms with Gasteiger partial charge in [-0.2, -0.15) is 0 Å². The van der Waals surface area contributed by atoms with E-state index in [0.29, 0.717) is 6.04 Å². The number of ether oxygens (including phenoxy) is 1. The normalized spacial score (nSPS) is 20.4. The molecule has 1 aliphatic rings. The molecular formula is C15H23NO.